The van der Waals surface area contributed by atoms with Gasteiger partial charge in [-0.2, -0.15) is 8.42 Å². The van der Waals surface area contributed by atoms with E-state index in [1.165, 1.54) is 0 Å². The molecule has 122 valence electrons. The van der Waals surface area contributed by atoms with Crippen LogP contribution >= 0.6 is 10.3 Å². The molecule has 0 saturated heterocycles. The molecule has 0 fully saturated rings. The lowest BCUT2D eigenvalue weighted by Gasteiger charge is -2.24. The van der Waals surface area contributed by atoms with Crippen LogP contribution in [0.25, 0.3) is 0 Å². The Morgan fingerprint density at radius 2 is 1.55 bits per heavy atom. The molecular weight excluding hydrogens is 296 g/mol. The topological polar surface area (TPSA) is 64.0 Å². The quantitative estimate of drug-likeness (QED) is 0.312. The van der Waals surface area contributed by atoms with Crippen LogP contribution in [0.1, 0.15) is 58.8 Å². The predicted molar refractivity (Wildman–Crippen MR) is 89.4 cm³/mol. The van der Waals surface area contributed by atoms with Gasteiger partial charge in [0, 0.05) is 18.9 Å². The van der Waals surface area contributed by atoms with E-state index < -0.39 is 20.4 Å². The van der Waals surface area contributed by atoms with E-state index in [9.17, 15) is 13.2 Å². The summed E-state index contributed by atoms with van der Waals surface area (Å²) < 4.78 is 27.7. The third-order valence-electron chi connectivity index (χ3n) is 2.89. The fourth-order valence-corrected chi connectivity index (χ4v) is 6.47. The SMILES string of the molecule is CCCCCCC(=O)CS(C)(C)[OH+]S(=O)(=O)CCCC. The van der Waals surface area contributed by atoms with Gasteiger partial charge in [0.25, 0.3) is 0 Å². The lowest BCUT2D eigenvalue weighted by atomic mass is 10.1. The summed E-state index contributed by atoms with van der Waals surface area (Å²) in [6.45, 7) is 4.09. The second kappa shape index (κ2) is 9.79. The van der Waals surface area contributed by atoms with Crippen LogP contribution in [0.4, 0.5) is 0 Å². The van der Waals surface area contributed by atoms with Crippen LogP contribution < -0.4 is 0 Å². The summed E-state index contributed by atoms with van der Waals surface area (Å²) in [5.41, 5.74) is 0. The first-order valence-corrected chi connectivity index (χ1v) is 11.6. The van der Waals surface area contributed by atoms with Gasteiger partial charge in [0.05, 0.1) is 5.75 Å². The Morgan fingerprint density at radius 3 is 2.10 bits per heavy atom. The van der Waals surface area contributed by atoms with E-state index in [0.717, 1.165) is 32.1 Å². The van der Waals surface area contributed by atoms with Gasteiger partial charge < -0.3 is 0 Å². The number of hydrogen-bond donors (Lipinski definition) is 0. The van der Waals surface area contributed by atoms with Gasteiger partial charge in [0.1, 0.15) is 11.5 Å². The standard InChI is InChI=1S/C14H30O4S2/c1-5-7-9-10-11-14(15)13-19(3,4)18-20(16,17)12-8-6-2/h5-13H2,1-4H3/p+1. The maximum atomic E-state index is 11.9. The maximum Gasteiger partial charge on any atom is 0.390 e. The number of hydrogen-bond acceptors (Lipinski definition) is 3. The highest BCUT2D eigenvalue weighted by Crippen LogP contribution is 2.40. The third kappa shape index (κ3) is 10.7. The van der Waals surface area contributed by atoms with E-state index in [1.807, 2.05) is 6.92 Å². The fraction of sp³-hybridized carbons (Fsp3) is 0.929. The highest BCUT2D eigenvalue weighted by Gasteiger charge is 2.29. The molecule has 0 aliphatic rings. The van der Waals surface area contributed by atoms with E-state index in [1.54, 1.807) is 12.5 Å². The van der Waals surface area contributed by atoms with Crippen molar-refractivity contribution in [2.24, 2.45) is 0 Å². The van der Waals surface area contributed by atoms with E-state index in [0.29, 0.717) is 18.6 Å². The summed E-state index contributed by atoms with van der Waals surface area (Å²) in [5, 5.41) is 0. The molecule has 0 rings (SSSR count). The second-order valence-corrected chi connectivity index (χ2v) is 11.1. The molecule has 0 aromatic heterocycles. The molecule has 0 bridgehead atoms. The van der Waals surface area contributed by atoms with Gasteiger partial charge in [0.15, 0.2) is 0 Å². The molecule has 0 aliphatic heterocycles. The van der Waals surface area contributed by atoms with Crippen LogP contribution in [0.5, 0.6) is 0 Å². The van der Waals surface area contributed by atoms with Gasteiger partial charge in [-0.25, -0.2) is 0 Å². The Balaban J connectivity index is 4.19. The van der Waals surface area contributed by atoms with Crippen LogP contribution in [-0.4, -0.2) is 41.8 Å². The van der Waals surface area contributed by atoms with Crippen molar-refractivity contribution in [2.45, 2.75) is 58.8 Å². The molecule has 0 spiro atoms. The summed E-state index contributed by atoms with van der Waals surface area (Å²) in [6, 6.07) is 0. The molecule has 0 radical (unpaired) electrons. The zero-order chi connectivity index (χ0) is 15.6. The molecular formula is C14H31O4S2+. The molecule has 20 heavy (non-hydrogen) atoms. The minimum absolute atomic E-state index is 0.102. The average molecular weight is 328 g/mol. The molecule has 0 aromatic rings. The number of carbonyl (C=O) groups excluding carboxylic acids is 1. The largest absolute Gasteiger partial charge is 0.390 e. The third-order valence-corrected chi connectivity index (χ3v) is 7.25. The van der Waals surface area contributed by atoms with E-state index in [4.69, 9.17) is 0 Å². The van der Waals surface area contributed by atoms with Crippen molar-refractivity contribution in [3.05, 3.63) is 0 Å². The Morgan fingerprint density at radius 1 is 0.950 bits per heavy atom. The first kappa shape index (κ1) is 19.9. The lowest BCUT2D eigenvalue weighted by Crippen LogP contribution is -2.23. The summed E-state index contributed by atoms with van der Waals surface area (Å²) in [5.74, 6) is 0.547. The smallest absolute Gasteiger partial charge is 0.299 e. The van der Waals surface area contributed by atoms with Gasteiger partial charge in [0.2, 0.25) is 0 Å². The van der Waals surface area contributed by atoms with Crippen LogP contribution in [-0.2, 0) is 14.9 Å². The Kier molecular flexibility index (Phi) is 9.76. The first-order valence-electron chi connectivity index (χ1n) is 7.42. The number of carbonyl (C=O) groups is 1. The van der Waals surface area contributed by atoms with Crippen LogP contribution in [0.2, 0.25) is 0 Å². The van der Waals surface area contributed by atoms with Crippen molar-refractivity contribution in [2.75, 3.05) is 24.0 Å². The van der Waals surface area contributed by atoms with Crippen LogP contribution in [0, 0.1) is 0 Å². The van der Waals surface area contributed by atoms with Gasteiger partial charge in [-0.1, -0.05) is 39.5 Å². The normalized spacial score (nSPS) is 13.4. The van der Waals surface area contributed by atoms with Crippen molar-refractivity contribution in [1.82, 2.24) is 0 Å². The highest BCUT2D eigenvalue weighted by molar-refractivity contribution is 8.31. The molecule has 4 nitrogen and oxygen atoms in total. The summed E-state index contributed by atoms with van der Waals surface area (Å²) in [7, 11) is -5.09. The molecule has 0 atom stereocenters. The zero-order valence-electron chi connectivity index (χ0n) is 13.4. The molecule has 0 saturated carbocycles. The lowest BCUT2D eigenvalue weighted by molar-refractivity contribution is -0.116. The van der Waals surface area contributed by atoms with Crippen molar-refractivity contribution in [1.29, 1.82) is 0 Å². The van der Waals surface area contributed by atoms with E-state index in [-0.39, 0.29) is 11.5 Å². The predicted octanol–water partition coefficient (Wildman–Crippen LogP) is 3.73. The summed E-state index contributed by atoms with van der Waals surface area (Å²) in [6.07, 6.45) is 9.92. The van der Waals surface area contributed by atoms with Gasteiger partial charge in [-0.05, 0) is 23.2 Å². The molecule has 0 unspecified atom stereocenters. The summed E-state index contributed by atoms with van der Waals surface area (Å²) >= 11 is 0. The second-order valence-electron chi connectivity index (χ2n) is 5.69. The van der Waals surface area contributed by atoms with Crippen molar-refractivity contribution in [3.8, 4) is 0 Å². The molecule has 0 heterocycles. The van der Waals surface area contributed by atoms with E-state index >= 15 is 0 Å². The number of Topliss-reactive ketones (excluding diaryl/α,β-unsaturated/α-hetero) is 1. The van der Waals surface area contributed by atoms with Gasteiger partial charge >= 0.3 is 10.1 Å². The van der Waals surface area contributed by atoms with Crippen molar-refractivity contribution < 1.29 is 16.8 Å². The molecule has 0 aliphatic carbocycles. The number of rotatable bonds is 12. The minimum atomic E-state index is -3.37. The summed E-state index contributed by atoms with van der Waals surface area (Å²) in [4.78, 5) is 11.9. The minimum Gasteiger partial charge on any atom is -0.299 e. The maximum absolute atomic E-state index is 11.9. The van der Waals surface area contributed by atoms with Crippen LogP contribution in [0.15, 0.2) is 0 Å². The van der Waals surface area contributed by atoms with Crippen molar-refractivity contribution >= 4 is 26.2 Å². The van der Waals surface area contributed by atoms with E-state index in [2.05, 4.69) is 10.6 Å². The van der Waals surface area contributed by atoms with Gasteiger partial charge in [-0.15, -0.1) is 0 Å². The Hall–Kier alpha value is -0.0700. The molecule has 6 heteroatoms. The zero-order valence-corrected chi connectivity index (χ0v) is 15.0. The monoisotopic (exact) mass is 327 g/mol. The molecule has 0 amide bonds. The van der Waals surface area contributed by atoms with Gasteiger partial charge in [-0.3, -0.25) is 8.42 Å². The molecule has 0 aromatic carbocycles. The first-order chi connectivity index (χ1) is 9.22. The number of ketones is 1. The average Bonchev–Trinajstić information content (AvgIpc) is 2.30. The highest BCUT2D eigenvalue weighted by atomic mass is 32.3. The van der Waals surface area contributed by atoms with Crippen LogP contribution in [0.3, 0.4) is 0 Å². The molecule has 1 N–H and O–H groups in total. The van der Waals surface area contributed by atoms with Crippen molar-refractivity contribution in [3.63, 3.8) is 0 Å². The Labute approximate surface area is 126 Å². The fourth-order valence-electron chi connectivity index (χ4n) is 1.91. The Bertz CT molecular complexity index is 375. The number of unbranched alkanes of at least 4 members (excludes halogenated alkanes) is 4.